The number of aryl methyl sites for hydroxylation is 1. The maximum atomic E-state index is 12.2. The van der Waals surface area contributed by atoms with Crippen LogP contribution in [0.2, 0.25) is 0 Å². The molecule has 1 aromatic rings. The van der Waals surface area contributed by atoms with Gasteiger partial charge < -0.3 is 10.0 Å². The Morgan fingerprint density at radius 1 is 1.48 bits per heavy atom. The number of piperidine rings is 1. The van der Waals surface area contributed by atoms with Gasteiger partial charge in [0.25, 0.3) is 0 Å². The van der Waals surface area contributed by atoms with E-state index < -0.39 is 11.9 Å². The summed E-state index contributed by atoms with van der Waals surface area (Å²) in [5, 5.41) is 9.52. The molecule has 1 fully saturated rings. The van der Waals surface area contributed by atoms with Crippen molar-refractivity contribution < 1.29 is 14.7 Å². The first kappa shape index (κ1) is 16.0. The second kappa shape index (κ2) is 6.60. The molecule has 5 heteroatoms. The number of hydrogen-bond acceptors (Lipinski definition) is 2. The second-order valence-corrected chi connectivity index (χ2v) is 6.38. The standard InChI is InChI=1S/C16H20BrNO3/c1-3-8-18-14(19)7-5-12(16(20)21)15(18)11-4-6-13(17)10(2)9-11/h4,6,9,12,15H,3,5,7-8H2,1-2H3,(H,20,21). The second-order valence-electron chi connectivity index (χ2n) is 5.52. The van der Waals surface area contributed by atoms with E-state index in [1.807, 2.05) is 32.0 Å². The third-order valence-electron chi connectivity index (χ3n) is 4.01. The first-order valence-corrected chi connectivity index (χ1v) is 8.03. The molecule has 1 aliphatic heterocycles. The lowest BCUT2D eigenvalue weighted by Gasteiger charge is -2.40. The molecule has 1 N–H and O–H groups in total. The molecule has 0 aliphatic carbocycles. The van der Waals surface area contributed by atoms with Gasteiger partial charge in [-0.25, -0.2) is 0 Å². The van der Waals surface area contributed by atoms with Gasteiger partial charge in [-0.05, 0) is 37.0 Å². The predicted molar refractivity (Wildman–Crippen MR) is 84.0 cm³/mol. The number of carbonyl (C=O) groups excluding carboxylic acids is 1. The average Bonchev–Trinajstić information content (AvgIpc) is 2.44. The first-order valence-electron chi connectivity index (χ1n) is 7.24. The van der Waals surface area contributed by atoms with Crippen molar-refractivity contribution in [3.63, 3.8) is 0 Å². The highest BCUT2D eigenvalue weighted by Crippen LogP contribution is 2.38. The zero-order chi connectivity index (χ0) is 15.6. The van der Waals surface area contributed by atoms with E-state index >= 15 is 0 Å². The Bertz CT molecular complexity index is 558. The highest BCUT2D eigenvalue weighted by molar-refractivity contribution is 9.10. The van der Waals surface area contributed by atoms with Gasteiger partial charge in [0.1, 0.15) is 0 Å². The molecular formula is C16H20BrNO3. The minimum Gasteiger partial charge on any atom is -0.481 e. The largest absolute Gasteiger partial charge is 0.481 e. The smallest absolute Gasteiger partial charge is 0.308 e. The van der Waals surface area contributed by atoms with Gasteiger partial charge in [0.2, 0.25) is 5.91 Å². The number of amides is 1. The van der Waals surface area contributed by atoms with Crippen LogP contribution in [-0.2, 0) is 9.59 Å². The lowest BCUT2D eigenvalue weighted by Crippen LogP contribution is -2.45. The van der Waals surface area contributed by atoms with Crippen molar-refractivity contribution >= 4 is 27.8 Å². The number of benzene rings is 1. The quantitative estimate of drug-likeness (QED) is 0.900. The van der Waals surface area contributed by atoms with Gasteiger partial charge in [-0.2, -0.15) is 0 Å². The summed E-state index contributed by atoms with van der Waals surface area (Å²) >= 11 is 3.46. The Kier molecular flexibility index (Phi) is 5.04. The first-order chi connectivity index (χ1) is 9.95. The minimum atomic E-state index is -0.825. The molecule has 0 radical (unpaired) electrons. The zero-order valence-corrected chi connectivity index (χ0v) is 13.9. The van der Waals surface area contributed by atoms with Gasteiger partial charge in [-0.3, -0.25) is 9.59 Å². The molecule has 0 saturated carbocycles. The third-order valence-corrected chi connectivity index (χ3v) is 4.90. The Balaban J connectivity index is 2.45. The fourth-order valence-electron chi connectivity index (χ4n) is 2.98. The van der Waals surface area contributed by atoms with Crippen LogP contribution in [0.1, 0.15) is 43.4 Å². The number of rotatable bonds is 4. The molecule has 1 amide bonds. The Morgan fingerprint density at radius 2 is 2.19 bits per heavy atom. The van der Waals surface area contributed by atoms with E-state index in [1.165, 1.54) is 0 Å². The number of aliphatic carboxylic acids is 1. The molecule has 2 rings (SSSR count). The van der Waals surface area contributed by atoms with Crippen LogP contribution in [0, 0.1) is 12.8 Å². The van der Waals surface area contributed by atoms with Crippen molar-refractivity contribution in [1.82, 2.24) is 4.90 Å². The van der Waals surface area contributed by atoms with Crippen LogP contribution in [0.4, 0.5) is 0 Å². The SMILES string of the molecule is CCCN1C(=O)CCC(C(=O)O)C1c1ccc(Br)c(C)c1. The van der Waals surface area contributed by atoms with Gasteiger partial charge in [0.15, 0.2) is 0 Å². The van der Waals surface area contributed by atoms with E-state index in [-0.39, 0.29) is 11.9 Å². The third kappa shape index (κ3) is 3.28. The zero-order valence-electron chi connectivity index (χ0n) is 12.3. The molecule has 2 atom stereocenters. The number of carboxylic acids is 1. The number of carboxylic acid groups (broad SMARTS) is 1. The number of hydrogen-bond donors (Lipinski definition) is 1. The van der Waals surface area contributed by atoms with Crippen LogP contribution in [0.5, 0.6) is 0 Å². The molecule has 0 aromatic heterocycles. The number of carbonyl (C=O) groups is 2. The van der Waals surface area contributed by atoms with Crippen LogP contribution in [0.15, 0.2) is 22.7 Å². The van der Waals surface area contributed by atoms with Gasteiger partial charge >= 0.3 is 5.97 Å². The Hall–Kier alpha value is -1.36. The summed E-state index contributed by atoms with van der Waals surface area (Å²) < 4.78 is 0.988. The maximum Gasteiger partial charge on any atom is 0.308 e. The number of nitrogens with zero attached hydrogens (tertiary/aromatic N) is 1. The minimum absolute atomic E-state index is 0.0555. The van der Waals surface area contributed by atoms with Crippen LogP contribution in [0.25, 0.3) is 0 Å². The van der Waals surface area contributed by atoms with Crippen LogP contribution < -0.4 is 0 Å². The molecule has 0 bridgehead atoms. The fourth-order valence-corrected chi connectivity index (χ4v) is 3.23. The Morgan fingerprint density at radius 3 is 2.76 bits per heavy atom. The van der Waals surface area contributed by atoms with Crippen LogP contribution in [0.3, 0.4) is 0 Å². The van der Waals surface area contributed by atoms with Crippen LogP contribution >= 0.6 is 15.9 Å². The predicted octanol–water partition coefficient (Wildman–Crippen LogP) is 3.53. The molecular weight excluding hydrogens is 334 g/mol. The van der Waals surface area contributed by atoms with Gasteiger partial charge in [0.05, 0.1) is 12.0 Å². The molecule has 1 aliphatic rings. The van der Waals surface area contributed by atoms with Crippen LogP contribution in [-0.4, -0.2) is 28.4 Å². The van der Waals surface area contributed by atoms with Crippen molar-refractivity contribution in [2.45, 2.75) is 39.2 Å². The summed E-state index contributed by atoms with van der Waals surface area (Å²) in [6, 6.07) is 5.45. The van der Waals surface area contributed by atoms with Gasteiger partial charge in [-0.15, -0.1) is 0 Å². The Labute approximate surface area is 133 Å². The monoisotopic (exact) mass is 353 g/mol. The molecule has 1 aromatic carbocycles. The molecule has 21 heavy (non-hydrogen) atoms. The molecule has 4 nitrogen and oxygen atoms in total. The summed E-state index contributed by atoms with van der Waals surface area (Å²) in [5.41, 5.74) is 1.95. The molecule has 114 valence electrons. The van der Waals surface area contributed by atoms with E-state index in [2.05, 4.69) is 15.9 Å². The highest BCUT2D eigenvalue weighted by Gasteiger charge is 2.40. The molecule has 1 saturated heterocycles. The number of halogens is 1. The summed E-state index contributed by atoms with van der Waals surface area (Å²) in [6.07, 6.45) is 1.56. The maximum absolute atomic E-state index is 12.2. The normalized spacial score (nSPS) is 22.4. The van der Waals surface area contributed by atoms with E-state index in [9.17, 15) is 14.7 Å². The summed E-state index contributed by atoms with van der Waals surface area (Å²) in [5.74, 6) is -1.30. The highest BCUT2D eigenvalue weighted by atomic mass is 79.9. The van der Waals surface area contributed by atoms with E-state index in [1.54, 1.807) is 4.90 Å². The van der Waals surface area contributed by atoms with Crippen molar-refractivity contribution in [3.05, 3.63) is 33.8 Å². The van der Waals surface area contributed by atoms with Crippen molar-refractivity contribution in [2.24, 2.45) is 5.92 Å². The van der Waals surface area contributed by atoms with Crippen molar-refractivity contribution in [2.75, 3.05) is 6.54 Å². The fraction of sp³-hybridized carbons (Fsp3) is 0.500. The van der Waals surface area contributed by atoms with E-state index in [4.69, 9.17) is 0 Å². The van der Waals surface area contributed by atoms with E-state index in [0.29, 0.717) is 19.4 Å². The van der Waals surface area contributed by atoms with Crippen molar-refractivity contribution in [1.29, 1.82) is 0 Å². The molecule has 0 spiro atoms. The molecule has 1 heterocycles. The summed E-state index contributed by atoms with van der Waals surface area (Å²) in [4.78, 5) is 25.6. The summed E-state index contributed by atoms with van der Waals surface area (Å²) in [7, 11) is 0. The lowest BCUT2D eigenvalue weighted by atomic mass is 9.84. The average molecular weight is 354 g/mol. The summed E-state index contributed by atoms with van der Waals surface area (Å²) in [6.45, 7) is 4.57. The topological polar surface area (TPSA) is 57.6 Å². The van der Waals surface area contributed by atoms with Gasteiger partial charge in [-0.1, -0.05) is 35.0 Å². The van der Waals surface area contributed by atoms with Crippen molar-refractivity contribution in [3.8, 4) is 0 Å². The molecule has 2 unspecified atom stereocenters. The van der Waals surface area contributed by atoms with Gasteiger partial charge in [0, 0.05) is 17.4 Å². The van der Waals surface area contributed by atoms with E-state index in [0.717, 1.165) is 22.0 Å². The number of likely N-dealkylation sites (tertiary alicyclic amines) is 1. The lowest BCUT2D eigenvalue weighted by molar-refractivity contribution is -0.152.